The third kappa shape index (κ3) is 36.3. The zero-order valence-electron chi connectivity index (χ0n) is 74.5. The SMILES string of the molecule is CC[C@H](C)[C@@H]1CC(=O)CNC(=O)[C@H]2CC(=O)[C@H]([C@@H](C)[C@@H](O)CO)NC(=O)[C@@H]3C[C@@H](O)CN3C(=O)[C@H](CC(N)=O)NC(=O)[C@H](CS(=O)c3[nH]c4c(CSCCOCCOCCOCCOCCOCCOCCOCCN5C=C(CNC(=O)OCc6ccc(NC(=O)[C@@H](CCCNC(N)=O)NC(=O)[C@@H](NC(=O)CNO)C(C)C)cc6)NN5)c(OC)ccc4c3C2)NC(=O)CNC1=O. The molecule has 5 heterocycles. The van der Waals surface area contributed by atoms with Crippen LogP contribution in [-0.2, 0) is 125 Å². The quantitative estimate of drug-likeness (QED) is 0.0189. The number of alkyl carbamates (subject to hydrolysis) is 1. The number of carbonyl (C=O) groups excluding carboxylic acids is 14. The number of H-pyrrole nitrogens is 1. The summed E-state index contributed by atoms with van der Waals surface area (Å²) in [6.45, 7) is 10.2. The van der Waals surface area contributed by atoms with Gasteiger partial charge in [0.25, 0.3) is 0 Å². The molecule has 46 nitrogen and oxygen atoms in total. The number of methoxy groups -OCH3 is 1. The van der Waals surface area contributed by atoms with Gasteiger partial charge in [-0.25, -0.2) is 9.59 Å². The number of nitrogens with zero attached hydrogens (tertiary/aromatic N) is 2. The van der Waals surface area contributed by atoms with Crippen molar-refractivity contribution in [3.8, 4) is 5.75 Å². The molecule has 730 valence electrons. The van der Waals surface area contributed by atoms with E-state index in [1.165, 1.54) is 25.8 Å². The number of thioether (sulfide) groups is 1. The summed E-state index contributed by atoms with van der Waals surface area (Å²) in [5, 5.41) is 68.8. The van der Waals surface area contributed by atoms with Gasteiger partial charge in [-0.15, -0.1) is 5.53 Å². The molecule has 0 aliphatic carbocycles. The van der Waals surface area contributed by atoms with E-state index in [0.29, 0.717) is 131 Å². The number of rotatable bonds is 50. The summed E-state index contributed by atoms with van der Waals surface area (Å²) >= 11 is 1.44. The van der Waals surface area contributed by atoms with Gasteiger partial charge < -0.3 is 143 Å². The van der Waals surface area contributed by atoms with Gasteiger partial charge in [0, 0.05) is 84.4 Å². The number of ketones is 2. The topological polar surface area (TPSA) is 651 Å². The second-order valence-corrected chi connectivity index (χ2v) is 34.4. The molecule has 1 unspecified atom stereocenters. The normalized spacial score (nSPS) is 20.9. The van der Waals surface area contributed by atoms with Crippen molar-refractivity contribution < 1.29 is 134 Å². The van der Waals surface area contributed by atoms with Crippen LogP contribution in [0.3, 0.4) is 0 Å². The van der Waals surface area contributed by atoms with E-state index in [9.17, 15) is 77.6 Å². The van der Waals surface area contributed by atoms with Gasteiger partial charge in [-0.2, -0.15) is 17.2 Å². The molecule has 7 rings (SSSR count). The van der Waals surface area contributed by atoms with Gasteiger partial charge in [0.1, 0.15) is 47.6 Å². The highest BCUT2D eigenvalue weighted by atomic mass is 32.2. The number of amides is 13. The minimum absolute atomic E-state index is 0.0824. The summed E-state index contributed by atoms with van der Waals surface area (Å²) in [5.74, 6) is -14.6. The van der Waals surface area contributed by atoms with Crippen LogP contribution in [0, 0.1) is 29.6 Å². The first-order chi connectivity index (χ1) is 62.8. The van der Waals surface area contributed by atoms with Crippen molar-refractivity contribution in [3.05, 3.63) is 65.0 Å². The Morgan fingerprint density at radius 2 is 1.37 bits per heavy atom. The van der Waals surface area contributed by atoms with Crippen molar-refractivity contribution in [1.29, 1.82) is 0 Å². The molecule has 131 heavy (non-hydrogen) atoms. The lowest BCUT2D eigenvalue weighted by atomic mass is 9.85. The number of urea groups is 1. The van der Waals surface area contributed by atoms with Gasteiger partial charge in [-0.3, -0.25) is 66.8 Å². The van der Waals surface area contributed by atoms with Crippen LogP contribution in [0.1, 0.15) is 96.3 Å². The number of nitrogens with one attached hydrogen (secondary N) is 14. The number of aliphatic hydroxyl groups excluding tert-OH is 3. The molecule has 0 saturated carbocycles. The van der Waals surface area contributed by atoms with Crippen LogP contribution in [-0.4, -0.2) is 334 Å². The van der Waals surface area contributed by atoms with Crippen LogP contribution in [0.25, 0.3) is 10.9 Å². The Morgan fingerprint density at radius 3 is 1.98 bits per heavy atom. The summed E-state index contributed by atoms with van der Waals surface area (Å²) in [4.78, 5) is 195. The summed E-state index contributed by atoms with van der Waals surface area (Å²) in [6.07, 6.45) is -3.98. The molecule has 3 aromatic rings. The van der Waals surface area contributed by atoms with Crippen LogP contribution in [0.2, 0.25) is 0 Å². The molecule has 4 aliphatic heterocycles. The van der Waals surface area contributed by atoms with Crippen molar-refractivity contribution >= 4 is 122 Å². The van der Waals surface area contributed by atoms with E-state index in [1.54, 1.807) is 80.8 Å². The molecule has 22 N–H and O–H groups in total. The number of aliphatic hydroxyl groups is 3. The number of primary amides is 2. The summed E-state index contributed by atoms with van der Waals surface area (Å²) in [5.41, 5.74) is 21.2. The number of hydrogen-bond donors (Lipinski definition) is 20. The summed E-state index contributed by atoms with van der Waals surface area (Å²) in [7, 11) is -0.986. The lowest BCUT2D eigenvalue weighted by Gasteiger charge is -2.32. The number of nitrogens with two attached hydrogens (primary N) is 2. The van der Waals surface area contributed by atoms with Crippen LogP contribution < -0.4 is 85.8 Å². The molecular weight excluding hydrogens is 1760 g/mol. The molecule has 4 aliphatic rings. The van der Waals surface area contributed by atoms with E-state index < -0.39 is 236 Å². The Labute approximate surface area is 764 Å². The Kier molecular flexibility index (Phi) is 47.0. The Balaban J connectivity index is 0.802. The molecule has 1 fully saturated rings. The molecule has 48 heteroatoms. The molecule has 0 spiro atoms. The second-order valence-electron chi connectivity index (χ2n) is 31.9. The number of hydroxylamine groups is 1. The molecule has 0 radical (unpaired) electrons. The number of ether oxygens (including phenoxy) is 9. The minimum atomic E-state index is -2.43. The average molecular weight is 1890 g/mol. The van der Waals surface area contributed by atoms with Crippen molar-refractivity contribution in [1.82, 2.24) is 79.2 Å². The highest BCUT2D eigenvalue weighted by Gasteiger charge is 2.46. The third-order valence-electron chi connectivity index (χ3n) is 21.8. The van der Waals surface area contributed by atoms with E-state index in [-0.39, 0.29) is 74.6 Å². The van der Waals surface area contributed by atoms with E-state index in [4.69, 9.17) is 59.3 Å². The molecule has 1 aromatic heterocycles. The van der Waals surface area contributed by atoms with Crippen LogP contribution in [0.5, 0.6) is 5.75 Å². The largest absolute Gasteiger partial charge is 0.496 e. The van der Waals surface area contributed by atoms with E-state index in [2.05, 4.69) is 69.1 Å². The van der Waals surface area contributed by atoms with Crippen LogP contribution in [0.4, 0.5) is 15.3 Å². The zero-order valence-corrected chi connectivity index (χ0v) is 76.2. The molecule has 13 amide bonds. The van der Waals surface area contributed by atoms with Crippen LogP contribution in [0.15, 0.2) is 53.3 Å². The van der Waals surface area contributed by atoms with Gasteiger partial charge in [0.05, 0.1) is 191 Å². The molecule has 1 saturated heterocycles. The number of aromatic amines is 1. The highest BCUT2D eigenvalue weighted by molar-refractivity contribution is 7.98. The fraction of sp³-hybridized carbons (Fsp3) is 0.639. The Morgan fingerprint density at radius 1 is 0.733 bits per heavy atom. The third-order valence-corrected chi connectivity index (χ3v) is 24.1. The maximum atomic E-state index is 15.4. The highest BCUT2D eigenvalue weighted by Crippen LogP contribution is 2.38. The van der Waals surface area contributed by atoms with Gasteiger partial charge >= 0.3 is 12.1 Å². The van der Waals surface area contributed by atoms with Gasteiger partial charge in [0.15, 0.2) is 11.6 Å². The van der Waals surface area contributed by atoms with Gasteiger partial charge in [0.2, 0.25) is 59.1 Å². The van der Waals surface area contributed by atoms with E-state index in [0.717, 1.165) is 4.90 Å². The lowest BCUT2D eigenvalue weighted by Crippen LogP contribution is -2.60. The Hall–Kier alpha value is -10.3. The molecule has 2 aromatic carbocycles. The summed E-state index contributed by atoms with van der Waals surface area (Å²) < 4.78 is 66.4. The predicted molar refractivity (Wildman–Crippen MR) is 471 cm³/mol. The fourth-order valence-corrected chi connectivity index (χ4v) is 16.6. The van der Waals surface area contributed by atoms with Crippen molar-refractivity contribution in [3.63, 3.8) is 0 Å². The van der Waals surface area contributed by atoms with Crippen molar-refractivity contribution in [2.24, 2.45) is 41.1 Å². The maximum Gasteiger partial charge on any atom is 0.407 e. The van der Waals surface area contributed by atoms with Crippen LogP contribution >= 0.6 is 11.8 Å². The Bertz CT molecular complexity index is 4340. The summed E-state index contributed by atoms with van der Waals surface area (Å²) in [6, 6.07) is -0.0861. The number of hydrazine groups is 2. The fourth-order valence-electron chi connectivity index (χ4n) is 14.4. The molecular formula is C83H128N18O28S2. The minimum Gasteiger partial charge on any atom is -0.496 e. The second kappa shape index (κ2) is 57.2. The number of hydrogen-bond acceptors (Lipinski definition) is 33. The predicted octanol–water partition coefficient (Wildman–Crippen LogP) is -4.00. The number of fused-ring (bicyclic) bond motifs is 5. The smallest absolute Gasteiger partial charge is 0.407 e. The number of benzene rings is 2. The van der Waals surface area contributed by atoms with E-state index >= 15 is 9.00 Å². The van der Waals surface area contributed by atoms with Crippen molar-refractivity contribution in [2.75, 3.05) is 169 Å². The molecule has 13 atom stereocenters. The zero-order chi connectivity index (χ0) is 95.5. The van der Waals surface area contributed by atoms with E-state index in [1.807, 2.05) is 0 Å². The van der Waals surface area contributed by atoms with Gasteiger partial charge in [-0.1, -0.05) is 53.2 Å². The first-order valence-electron chi connectivity index (χ1n) is 43.4. The van der Waals surface area contributed by atoms with Gasteiger partial charge in [-0.05, 0) is 66.5 Å². The number of Topliss-reactive ketones (excluding diaryl/α,β-unsaturated/α-hetero) is 2. The average Bonchev–Trinajstić information content (AvgIpc) is 1.61. The number of anilines is 1. The lowest BCUT2D eigenvalue weighted by molar-refractivity contribution is -0.144. The monoisotopic (exact) mass is 1890 g/mol. The van der Waals surface area contributed by atoms with Crippen molar-refractivity contribution in [2.45, 2.75) is 152 Å². The molecule has 2 bridgehead atoms. The standard InChI is InChI=1S/C83H128N18O28S2/c1-7-49(4)58-35-55(103)39-87-74(110)52-33-59-57-14-15-67(121-6)60(73(57)97-80(59)131(120)47-63(92-69(108)40-88-75(58)111)77(113)94-62(37-68(84)107)81(116)101-43-56(104)36-64(101)78(114)96-72(65(105)34-52)50(5)66(106)44-102)46-130-32-31-128-30-29-127-28-27-126-26-25-125-24-23-124-22-21-123-20-19-122-18-17-100-42-54(98-99-100)38-89-83(118)129-45-51-10-12-53(13-11-51)91-76(112)61(9-8-16-86-82(85)117)93-79(115)71(48(2)3)95-70(109)41-90-119/h10-15,42,48-50,52,56,58,61-64,66,71-72,90,97-99,102,104,106,119H,7-9,16-41,43-47H2,1-6H3,(H2,84,107)(H,87,110)(H,88,111)(H,89,118)(H,91,112)(H,92,108)(H,93,115)(H,94,113)(H,95,109)(H,96,114)(H3,85,86,117)/t49-,50-,52+,56+,58-,61+,62-,63-,64-,66-,71-,72-,131?/m0/s1. The first kappa shape index (κ1) is 108. The number of carbonyl (C=O) groups is 14. The number of aromatic nitrogens is 1. The maximum absolute atomic E-state index is 15.4. The first-order valence-corrected chi connectivity index (χ1v) is 45.9.